The molecule has 1 amide bonds. The van der Waals surface area contributed by atoms with Crippen molar-refractivity contribution in [2.24, 2.45) is 11.7 Å². The van der Waals surface area contributed by atoms with Crippen molar-refractivity contribution in [2.45, 2.75) is 26.0 Å². The Bertz CT molecular complexity index is 461. The molecule has 0 spiro atoms. The molecule has 1 saturated heterocycles. The van der Waals surface area contributed by atoms with Gasteiger partial charge in [-0.15, -0.1) is 0 Å². The number of hydrogen-bond acceptors (Lipinski definition) is 3. The summed E-state index contributed by atoms with van der Waals surface area (Å²) in [4.78, 5) is 14.0. The van der Waals surface area contributed by atoms with Crippen LogP contribution in [0.25, 0.3) is 0 Å². The van der Waals surface area contributed by atoms with Crippen molar-refractivity contribution >= 4 is 5.91 Å². The molecule has 2 atom stereocenters. The topological polar surface area (TPSA) is 55.6 Å². The minimum atomic E-state index is -0.484. The molecule has 20 heavy (non-hydrogen) atoms. The maximum absolute atomic E-state index is 12.9. The first-order valence-electron chi connectivity index (χ1n) is 6.90. The van der Waals surface area contributed by atoms with E-state index in [0.717, 1.165) is 5.56 Å². The van der Waals surface area contributed by atoms with Crippen molar-refractivity contribution in [3.8, 4) is 0 Å². The molecule has 1 aromatic carbocycles. The van der Waals surface area contributed by atoms with Crippen LogP contribution in [0.2, 0.25) is 0 Å². The van der Waals surface area contributed by atoms with Crippen LogP contribution in [0.5, 0.6) is 0 Å². The summed E-state index contributed by atoms with van der Waals surface area (Å²) in [6.45, 7) is 5.35. The van der Waals surface area contributed by atoms with Gasteiger partial charge in [0, 0.05) is 6.54 Å². The van der Waals surface area contributed by atoms with Crippen LogP contribution < -0.4 is 5.73 Å². The molecule has 0 aromatic heterocycles. The molecule has 0 saturated carbocycles. The molecule has 5 heteroatoms. The number of carbonyl (C=O) groups is 1. The fraction of sp³-hybridized carbons (Fsp3) is 0.533. The van der Waals surface area contributed by atoms with E-state index >= 15 is 0 Å². The Labute approximate surface area is 118 Å². The lowest BCUT2D eigenvalue weighted by Crippen LogP contribution is -2.51. The summed E-state index contributed by atoms with van der Waals surface area (Å²) in [5.74, 6) is -0.218. The number of carbonyl (C=O) groups excluding carboxylic acids is 1. The summed E-state index contributed by atoms with van der Waals surface area (Å²) in [5.41, 5.74) is 6.79. The number of hydrogen-bond donors (Lipinski definition) is 1. The second kappa shape index (κ2) is 6.33. The van der Waals surface area contributed by atoms with Gasteiger partial charge in [0.1, 0.15) is 11.9 Å². The molecule has 2 rings (SSSR count). The van der Waals surface area contributed by atoms with Crippen LogP contribution >= 0.6 is 0 Å². The monoisotopic (exact) mass is 280 g/mol. The second-order valence-electron chi connectivity index (χ2n) is 5.47. The van der Waals surface area contributed by atoms with Crippen LogP contribution in [0.4, 0.5) is 4.39 Å². The molecule has 1 fully saturated rings. The summed E-state index contributed by atoms with van der Waals surface area (Å²) in [7, 11) is 0. The zero-order valence-corrected chi connectivity index (χ0v) is 11.9. The van der Waals surface area contributed by atoms with Gasteiger partial charge in [-0.2, -0.15) is 0 Å². The largest absolute Gasteiger partial charge is 0.370 e. The predicted molar refractivity (Wildman–Crippen MR) is 74.5 cm³/mol. The molecular weight excluding hydrogens is 259 g/mol. The van der Waals surface area contributed by atoms with E-state index in [1.165, 1.54) is 12.1 Å². The van der Waals surface area contributed by atoms with Gasteiger partial charge < -0.3 is 15.4 Å². The van der Waals surface area contributed by atoms with Gasteiger partial charge in [-0.25, -0.2) is 4.39 Å². The van der Waals surface area contributed by atoms with Crippen molar-refractivity contribution in [3.63, 3.8) is 0 Å². The highest BCUT2D eigenvalue weighted by Gasteiger charge is 2.29. The highest BCUT2D eigenvalue weighted by atomic mass is 19.1. The molecule has 1 aliphatic heterocycles. The lowest BCUT2D eigenvalue weighted by Gasteiger charge is -2.35. The van der Waals surface area contributed by atoms with Crippen molar-refractivity contribution in [2.75, 3.05) is 19.7 Å². The average molecular weight is 280 g/mol. The van der Waals surface area contributed by atoms with Crippen LogP contribution in [0, 0.1) is 11.7 Å². The van der Waals surface area contributed by atoms with E-state index in [1.54, 1.807) is 17.0 Å². The van der Waals surface area contributed by atoms with Gasteiger partial charge in [-0.3, -0.25) is 4.79 Å². The van der Waals surface area contributed by atoms with Crippen molar-refractivity contribution in [1.82, 2.24) is 4.90 Å². The van der Waals surface area contributed by atoms with E-state index in [0.29, 0.717) is 19.7 Å². The number of morpholine rings is 1. The second-order valence-corrected chi connectivity index (χ2v) is 5.47. The molecule has 4 nitrogen and oxygen atoms in total. The van der Waals surface area contributed by atoms with E-state index in [9.17, 15) is 9.18 Å². The lowest BCUT2D eigenvalue weighted by molar-refractivity contribution is -0.141. The summed E-state index contributed by atoms with van der Waals surface area (Å²) in [6.07, 6.45) is -0.215. The Kier molecular flexibility index (Phi) is 4.73. The predicted octanol–water partition coefficient (Wildman–Crippen LogP) is 1.71. The van der Waals surface area contributed by atoms with Crippen molar-refractivity contribution in [1.29, 1.82) is 0 Å². The van der Waals surface area contributed by atoms with Gasteiger partial charge in [0.05, 0.1) is 19.2 Å². The first-order chi connectivity index (χ1) is 9.49. The molecule has 0 aliphatic carbocycles. The third-order valence-electron chi connectivity index (χ3n) is 3.62. The SMILES string of the molecule is CC(C)[C@@H](N)C(=O)N1CCOC(c2ccc(F)cc2)C1. The summed E-state index contributed by atoms with van der Waals surface area (Å²) in [5, 5.41) is 0. The number of ether oxygens (including phenoxy) is 1. The molecule has 0 bridgehead atoms. The molecule has 1 aromatic rings. The quantitative estimate of drug-likeness (QED) is 0.917. The standard InChI is InChI=1S/C15H21FN2O2/c1-10(2)14(17)15(19)18-7-8-20-13(9-18)11-3-5-12(16)6-4-11/h3-6,10,13-14H,7-9,17H2,1-2H3/t13?,14-/m1/s1. The number of nitrogens with zero attached hydrogens (tertiary/aromatic N) is 1. The highest BCUT2D eigenvalue weighted by molar-refractivity contribution is 5.82. The number of nitrogens with two attached hydrogens (primary N) is 1. The average Bonchev–Trinajstić information content (AvgIpc) is 2.46. The number of benzene rings is 1. The van der Waals surface area contributed by atoms with Gasteiger partial charge in [0.2, 0.25) is 5.91 Å². The maximum atomic E-state index is 12.9. The first-order valence-corrected chi connectivity index (χ1v) is 6.90. The molecular formula is C15H21FN2O2. The Morgan fingerprint density at radius 2 is 2.05 bits per heavy atom. The van der Waals surface area contributed by atoms with E-state index in [-0.39, 0.29) is 23.7 Å². The summed E-state index contributed by atoms with van der Waals surface area (Å²) >= 11 is 0. The Balaban J connectivity index is 2.05. The van der Waals surface area contributed by atoms with Gasteiger partial charge in [-0.1, -0.05) is 26.0 Å². The molecule has 1 unspecified atom stereocenters. The van der Waals surface area contributed by atoms with E-state index in [2.05, 4.69) is 0 Å². The highest BCUT2D eigenvalue weighted by Crippen LogP contribution is 2.23. The number of halogens is 1. The van der Waals surface area contributed by atoms with Crippen LogP contribution in [-0.2, 0) is 9.53 Å². The van der Waals surface area contributed by atoms with E-state index < -0.39 is 6.04 Å². The van der Waals surface area contributed by atoms with Crippen LogP contribution in [0.3, 0.4) is 0 Å². The summed E-state index contributed by atoms with van der Waals surface area (Å²) in [6, 6.07) is 5.70. The molecule has 110 valence electrons. The fourth-order valence-electron chi connectivity index (χ4n) is 2.22. The third kappa shape index (κ3) is 3.35. The van der Waals surface area contributed by atoms with Crippen molar-refractivity contribution in [3.05, 3.63) is 35.6 Å². The Morgan fingerprint density at radius 1 is 1.40 bits per heavy atom. The minimum absolute atomic E-state index is 0.0459. The number of rotatable bonds is 3. The molecule has 1 heterocycles. The normalized spacial score (nSPS) is 21.1. The first kappa shape index (κ1) is 14.9. The number of amides is 1. The van der Waals surface area contributed by atoms with Crippen LogP contribution in [0.1, 0.15) is 25.5 Å². The van der Waals surface area contributed by atoms with Crippen LogP contribution in [0.15, 0.2) is 24.3 Å². The fourth-order valence-corrected chi connectivity index (χ4v) is 2.22. The Hall–Kier alpha value is -1.46. The van der Waals surface area contributed by atoms with Gasteiger partial charge in [0.25, 0.3) is 0 Å². The van der Waals surface area contributed by atoms with Gasteiger partial charge in [0.15, 0.2) is 0 Å². The third-order valence-corrected chi connectivity index (χ3v) is 3.62. The maximum Gasteiger partial charge on any atom is 0.239 e. The Morgan fingerprint density at radius 3 is 2.65 bits per heavy atom. The van der Waals surface area contributed by atoms with E-state index in [1.807, 2.05) is 13.8 Å². The zero-order valence-electron chi connectivity index (χ0n) is 11.9. The zero-order chi connectivity index (χ0) is 14.7. The summed E-state index contributed by atoms with van der Waals surface area (Å²) < 4.78 is 18.6. The smallest absolute Gasteiger partial charge is 0.239 e. The lowest BCUT2D eigenvalue weighted by atomic mass is 10.0. The van der Waals surface area contributed by atoms with Gasteiger partial charge in [-0.05, 0) is 23.6 Å². The van der Waals surface area contributed by atoms with Gasteiger partial charge >= 0.3 is 0 Å². The van der Waals surface area contributed by atoms with E-state index in [4.69, 9.17) is 10.5 Å². The minimum Gasteiger partial charge on any atom is -0.370 e. The molecule has 2 N–H and O–H groups in total. The van der Waals surface area contributed by atoms with Crippen molar-refractivity contribution < 1.29 is 13.9 Å². The molecule has 1 aliphatic rings. The van der Waals surface area contributed by atoms with Crippen LogP contribution in [-0.4, -0.2) is 36.5 Å². The molecule has 0 radical (unpaired) electrons.